The van der Waals surface area contributed by atoms with Gasteiger partial charge in [0.15, 0.2) is 0 Å². The quantitative estimate of drug-likeness (QED) is 0.533. The largest absolute Gasteiger partial charge is 0.357 e. The van der Waals surface area contributed by atoms with Gasteiger partial charge in [0.05, 0.1) is 0 Å². The van der Waals surface area contributed by atoms with E-state index in [1.165, 1.54) is 10.8 Å². The van der Waals surface area contributed by atoms with Crippen LogP contribution in [0.25, 0.3) is 0 Å². The second-order valence-corrected chi connectivity index (χ2v) is 5.42. The summed E-state index contributed by atoms with van der Waals surface area (Å²) in [5, 5.41) is 1.40. The molecule has 0 heterocycles. The molecule has 0 aliphatic carbocycles. The maximum absolute atomic E-state index is 5.56. The summed E-state index contributed by atoms with van der Waals surface area (Å²) in [5.41, 5.74) is 1.30. The number of rotatable bonds is 6. The Kier molecular flexibility index (Phi) is 5.61. The van der Waals surface area contributed by atoms with Gasteiger partial charge in [-0.15, -0.1) is 0 Å². The van der Waals surface area contributed by atoms with Gasteiger partial charge in [-0.2, -0.15) is 0 Å². The summed E-state index contributed by atoms with van der Waals surface area (Å²) in [6.45, 7) is 7.58. The Balaban J connectivity index is 2.53. The Morgan fingerprint density at radius 3 is 2.07 bits per heavy atom. The van der Waals surface area contributed by atoms with E-state index < -0.39 is 9.52 Å². The highest BCUT2D eigenvalue weighted by atomic mass is 28.2. The van der Waals surface area contributed by atoms with E-state index in [1.54, 1.807) is 0 Å². The van der Waals surface area contributed by atoms with Crippen LogP contribution in [0.4, 0.5) is 0 Å². The summed E-state index contributed by atoms with van der Waals surface area (Å²) < 4.78 is 11.1. The van der Waals surface area contributed by atoms with Gasteiger partial charge in [-0.05, 0) is 20.8 Å². The molecule has 1 aromatic carbocycles. The van der Waals surface area contributed by atoms with Crippen molar-refractivity contribution in [1.82, 2.24) is 0 Å². The zero-order valence-corrected chi connectivity index (χ0v) is 11.2. The van der Waals surface area contributed by atoms with Gasteiger partial charge in [-0.25, -0.2) is 0 Å². The van der Waals surface area contributed by atoms with Crippen LogP contribution in [-0.4, -0.2) is 28.6 Å². The maximum Gasteiger partial charge on any atom is 0.139 e. The minimum atomic E-state index is -0.480. The van der Waals surface area contributed by atoms with E-state index in [9.17, 15) is 0 Å². The lowest BCUT2D eigenvalue weighted by molar-refractivity contribution is -0.0817. The van der Waals surface area contributed by atoms with Gasteiger partial charge in [-0.3, -0.25) is 0 Å². The van der Waals surface area contributed by atoms with Gasteiger partial charge in [0.1, 0.15) is 15.4 Å². The highest BCUT2D eigenvalue weighted by Crippen LogP contribution is 1.96. The van der Waals surface area contributed by atoms with Gasteiger partial charge < -0.3 is 9.47 Å². The van der Waals surface area contributed by atoms with Gasteiger partial charge in [0, 0.05) is 13.2 Å². The van der Waals surface area contributed by atoms with Crippen molar-refractivity contribution < 1.29 is 9.47 Å². The van der Waals surface area contributed by atoms with Crippen LogP contribution >= 0.6 is 0 Å². The molecule has 0 amide bonds. The molecule has 0 N–H and O–H groups in total. The molecule has 0 aromatic heterocycles. The van der Waals surface area contributed by atoms with Gasteiger partial charge >= 0.3 is 0 Å². The molecule has 0 unspecified atom stereocenters. The molecule has 84 valence electrons. The molecular formula is C12H20O2Si. The first-order chi connectivity index (χ1) is 7.26. The molecule has 0 saturated heterocycles. The van der Waals surface area contributed by atoms with E-state index in [4.69, 9.17) is 9.47 Å². The molecule has 0 bridgehead atoms. The van der Waals surface area contributed by atoms with Crippen molar-refractivity contribution in [3.63, 3.8) is 0 Å². The molecule has 0 spiro atoms. The molecule has 0 saturated carbocycles. The van der Waals surface area contributed by atoms with Crippen molar-refractivity contribution in [2.45, 2.75) is 26.7 Å². The van der Waals surface area contributed by atoms with Crippen molar-refractivity contribution >= 4 is 14.7 Å². The first-order valence-electron chi connectivity index (χ1n) is 5.55. The molecule has 2 nitrogen and oxygen atoms in total. The van der Waals surface area contributed by atoms with Gasteiger partial charge in [0.2, 0.25) is 0 Å². The fraction of sp³-hybridized carbons (Fsp3) is 0.500. The van der Waals surface area contributed by atoms with Crippen molar-refractivity contribution in [3.8, 4) is 0 Å². The van der Waals surface area contributed by atoms with Crippen molar-refractivity contribution in [1.29, 1.82) is 0 Å². The highest BCUT2D eigenvalue weighted by molar-refractivity contribution is 6.54. The summed E-state index contributed by atoms with van der Waals surface area (Å²) in [7, 11) is -0.480. The second kappa shape index (κ2) is 6.77. The molecule has 3 heteroatoms. The van der Waals surface area contributed by atoms with Crippen LogP contribution in [0, 0.1) is 6.92 Å². The summed E-state index contributed by atoms with van der Waals surface area (Å²) >= 11 is 0. The standard InChI is InChI=1S/C12H20O2Si/c1-4-13-12(14-5-2)15-11-8-6-10(3)7-9-11/h6-9,12H,4-5,15H2,1-3H3. The summed E-state index contributed by atoms with van der Waals surface area (Å²) in [4.78, 5) is 0. The molecule has 1 aromatic rings. The van der Waals surface area contributed by atoms with Crippen LogP contribution in [0.5, 0.6) is 0 Å². The van der Waals surface area contributed by atoms with Crippen LogP contribution in [0.2, 0.25) is 0 Å². The third kappa shape index (κ3) is 4.60. The van der Waals surface area contributed by atoms with E-state index in [0.717, 1.165) is 13.2 Å². The molecule has 0 radical (unpaired) electrons. The Labute approximate surface area is 94.4 Å². The van der Waals surface area contributed by atoms with E-state index in [0.29, 0.717) is 0 Å². The Hall–Kier alpha value is -0.643. The van der Waals surface area contributed by atoms with Crippen LogP contribution in [0.3, 0.4) is 0 Å². The minimum absolute atomic E-state index is 0.0303. The van der Waals surface area contributed by atoms with Crippen LogP contribution in [-0.2, 0) is 9.47 Å². The van der Waals surface area contributed by atoms with Crippen LogP contribution < -0.4 is 5.19 Å². The summed E-state index contributed by atoms with van der Waals surface area (Å²) in [6, 6.07) is 8.67. The first-order valence-corrected chi connectivity index (χ1v) is 7.07. The molecule has 0 aliphatic heterocycles. The average Bonchev–Trinajstić information content (AvgIpc) is 2.22. The minimum Gasteiger partial charge on any atom is -0.357 e. The SMILES string of the molecule is CCOC(OCC)[SiH2]c1ccc(C)cc1. The fourth-order valence-corrected chi connectivity index (χ4v) is 3.05. The number of hydrogen-bond acceptors (Lipinski definition) is 2. The predicted molar refractivity (Wildman–Crippen MR) is 66.4 cm³/mol. The lowest BCUT2D eigenvalue weighted by Crippen LogP contribution is -2.33. The smallest absolute Gasteiger partial charge is 0.139 e. The zero-order chi connectivity index (χ0) is 11.1. The van der Waals surface area contributed by atoms with Crippen LogP contribution in [0.1, 0.15) is 19.4 Å². The molecule has 15 heavy (non-hydrogen) atoms. The highest BCUT2D eigenvalue weighted by Gasteiger charge is 2.09. The van der Waals surface area contributed by atoms with Crippen molar-refractivity contribution in [2.24, 2.45) is 0 Å². The topological polar surface area (TPSA) is 18.5 Å². The Morgan fingerprint density at radius 2 is 1.60 bits per heavy atom. The maximum atomic E-state index is 5.56. The van der Waals surface area contributed by atoms with Crippen LogP contribution in [0.15, 0.2) is 24.3 Å². The van der Waals surface area contributed by atoms with E-state index >= 15 is 0 Å². The van der Waals surface area contributed by atoms with Gasteiger partial charge in [0.25, 0.3) is 0 Å². The predicted octanol–water partition coefficient (Wildman–Crippen LogP) is 1.15. The zero-order valence-electron chi connectivity index (χ0n) is 9.82. The fourth-order valence-electron chi connectivity index (χ4n) is 1.45. The lowest BCUT2D eigenvalue weighted by Gasteiger charge is -2.16. The monoisotopic (exact) mass is 224 g/mol. The third-order valence-corrected chi connectivity index (χ3v) is 3.98. The van der Waals surface area contributed by atoms with Crippen molar-refractivity contribution in [3.05, 3.63) is 29.8 Å². The van der Waals surface area contributed by atoms with Gasteiger partial charge in [-0.1, -0.05) is 35.0 Å². The van der Waals surface area contributed by atoms with E-state index in [1.807, 2.05) is 13.8 Å². The molecule has 0 fully saturated rings. The number of aryl methyl sites for hydroxylation is 1. The second-order valence-electron chi connectivity index (χ2n) is 3.53. The first kappa shape index (κ1) is 12.4. The Bertz CT molecular complexity index is 265. The van der Waals surface area contributed by atoms with Crippen molar-refractivity contribution in [2.75, 3.05) is 13.2 Å². The average molecular weight is 224 g/mol. The molecular weight excluding hydrogens is 204 g/mol. The molecule has 0 atom stereocenters. The van der Waals surface area contributed by atoms with E-state index in [2.05, 4.69) is 31.2 Å². The Morgan fingerprint density at radius 1 is 1.07 bits per heavy atom. The van der Waals surface area contributed by atoms with E-state index in [-0.39, 0.29) is 5.91 Å². The molecule has 0 aliphatic rings. The lowest BCUT2D eigenvalue weighted by atomic mass is 10.2. The third-order valence-electron chi connectivity index (χ3n) is 2.23. The summed E-state index contributed by atoms with van der Waals surface area (Å²) in [5.74, 6) is 0.0303. The molecule has 1 rings (SSSR count). The number of ether oxygens (including phenoxy) is 2. The number of benzene rings is 1. The normalized spacial score (nSPS) is 11.7. The number of hydrogen-bond donors (Lipinski definition) is 0. The summed E-state index contributed by atoms with van der Waals surface area (Å²) in [6.07, 6.45) is 0.